The molecule has 1 fully saturated rings. The second-order valence-corrected chi connectivity index (χ2v) is 10.7. The van der Waals surface area contributed by atoms with Crippen LogP contribution in [0.5, 0.6) is 5.75 Å². The predicted molar refractivity (Wildman–Crippen MR) is 168 cm³/mol. The molecule has 0 bridgehead atoms. The maximum atomic E-state index is 13.4. The maximum absolute atomic E-state index is 13.4. The van der Waals surface area contributed by atoms with Gasteiger partial charge in [-0.2, -0.15) is 0 Å². The van der Waals surface area contributed by atoms with Gasteiger partial charge in [-0.3, -0.25) is 9.59 Å². The highest BCUT2D eigenvalue weighted by Gasteiger charge is 2.32. The summed E-state index contributed by atoms with van der Waals surface area (Å²) in [4.78, 5) is 31.9. The number of carbonyl (C=O) groups excluding carboxylic acids is 2. The number of rotatable bonds is 8. The van der Waals surface area contributed by atoms with Gasteiger partial charge in [-0.1, -0.05) is 18.2 Å². The van der Waals surface area contributed by atoms with E-state index in [1.165, 1.54) is 6.20 Å². The molecule has 0 radical (unpaired) electrons. The van der Waals surface area contributed by atoms with Crippen molar-refractivity contribution in [2.24, 2.45) is 5.73 Å². The van der Waals surface area contributed by atoms with E-state index in [0.29, 0.717) is 18.0 Å². The largest absolute Gasteiger partial charge is 0.484 e. The lowest BCUT2D eigenvalue weighted by atomic mass is 10.1. The zero-order valence-electron chi connectivity index (χ0n) is 24.4. The number of fused-ring (bicyclic) bond motifs is 2. The van der Waals surface area contributed by atoms with E-state index in [4.69, 9.17) is 15.2 Å². The van der Waals surface area contributed by atoms with Crippen LogP contribution < -0.4 is 35.8 Å². The highest BCUT2D eigenvalue weighted by atomic mass is 16.5. The van der Waals surface area contributed by atoms with E-state index < -0.39 is 0 Å². The van der Waals surface area contributed by atoms with Crippen LogP contribution in [-0.4, -0.2) is 51.8 Å². The van der Waals surface area contributed by atoms with Gasteiger partial charge in [0.1, 0.15) is 11.9 Å². The minimum Gasteiger partial charge on any atom is -0.484 e. The van der Waals surface area contributed by atoms with Crippen molar-refractivity contribution in [3.05, 3.63) is 101 Å². The summed E-state index contributed by atoms with van der Waals surface area (Å²) in [7, 11) is 2.03. The topological polar surface area (TPSA) is 112 Å². The van der Waals surface area contributed by atoms with Gasteiger partial charge >= 0.3 is 0 Å². The molecular formula is C33H36N6O4. The lowest BCUT2D eigenvalue weighted by Crippen LogP contribution is -2.36. The van der Waals surface area contributed by atoms with E-state index in [0.717, 1.165) is 65.7 Å². The second kappa shape index (κ2) is 12.1. The molecule has 1 atom stereocenters. The highest BCUT2D eigenvalue weighted by molar-refractivity contribution is 6.10. The molecule has 3 aliphatic rings. The number of nitrogens with zero attached hydrogens (tertiary/aromatic N) is 3. The fourth-order valence-electron chi connectivity index (χ4n) is 5.73. The molecule has 1 unspecified atom stereocenters. The number of nitrogens with two attached hydrogens (primary N) is 1. The van der Waals surface area contributed by atoms with Gasteiger partial charge in [-0.05, 0) is 78.9 Å². The summed E-state index contributed by atoms with van der Waals surface area (Å²) in [5, 5.41) is 6.32. The summed E-state index contributed by atoms with van der Waals surface area (Å²) in [6.45, 7) is 5.42. The van der Waals surface area contributed by atoms with E-state index in [1.807, 2.05) is 67.4 Å². The third kappa shape index (κ3) is 5.74. The quantitative estimate of drug-likeness (QED) is 0.342. The number of hydrogen-bond donors (Lipinski definition) is 3. The first-order valence-corrected chi connectivity index (χ1v) is 14.4. The number of hydrogen-bond acceptors (Lipinski definition) is 8. The Morgan fingerprint density at radius 1 is 1.09 bits per heavy atom. The van der Waals surface area contributed by atoms with Crippen molar-refractivity contribution in [2.45, 2.75) is 19.6 Å². The van der Waals surface area contributed by atoms with Crippen LogP contribution in [-0.2, 0) is 16.1 Å². The molecule has 10 nitrogen and oxygen atoms in total. The molecule has 43 heavy (non-hydrogen) atoms. The molecule has 0 aliphatic carbocycles. The number of ether oxygens (including phenoxy) is 2. The Labute approximate surface area is 251 Å². The molecule has 0 aromatic heterocycles. The number of allylic oxidation sites excluding steroid dienone is 2. The molecule has 3 aromatic carbocycles. The summed E-state index contributed by atoms with van der Waals surface area (Å²) < 4.78 is 11.2. The summed E-state index contributed by atoms with van der Waals surface area (Å²) in [6.07, 6.45) is 4.65. The summed E-state index contributed by atoms with van der Waals surface area (Å²) in [5.41, 5.74) is 12.9. The first-order chi connectivity index (χ1) is 20.9. The molecule has 1 saturated heterocycles. The summed E-state index contributed by atoms with van der Waals surface area (Å²) >= 11 is 0. The first kappa shape index (κ1) is 28.2. The monoisotopic (exact) mass is 580 g/mol. The number of benzene rings is 3. The van der Waals surface area contributed by atoms with Crippen molar-refractivity contribution < 1.29 is 19.1 Å². The summed E-state index contributed by atoms with van der Waals surface area (Å²) in [6, 6.07) is 19.9. The molecule has 2 amide bonds. The van der Waals surface area contributed by atoms with Gasteiger partial charge in [-0.15, -0.1) is 0 Å². The number of amides is 2. The van der Waals surface area contributed by atoms with Crippen molar-refractivity contribution in [1.82, 2.24) is 5.32 Å². The van der Waals surface area contributed by atoms with Gasteiger partial charge in [0.25, 0.3) is 11.8 Å². The van der Waals surface area contributed by atoms with Gasteiger partial charge in [-0.25, -0.2) is 0 Å². The fourth-order valence-corrected chi connectivity index (χ4v) is 5.73. The van der Waals surface area contributed by atoms with Gasteiger partial charge in [0.2, 0.25) is 0 Å². The SMILES string of the molecule is C/C=C(\C=C/N)NC(=O)COc1ccc(C2Nc3ccc(N4Cc5cc(N6CCOCC6)ccc5C4=O)cc3N2C)cc1. The van der Waals surface area contributed by atoms with Crippen LogP contribution in [0.1, 0.15) is 34.6 Å². The Morgan fingerprint density at radius 2 is 1.86 bits per heavy atom. The zero-order chi connectivity index (χ0) is 29.9. The Balaban J connectivity index is 1.10. The van der Waals surface area contributed by atoms with Crippen molar-refractivity contribution in [1.29, 1.82) is 0 Å². The lowest BCUT2D eigenvalue weighted by molar-refractivity contribution is -0.122. The number of anilines is 4. The van der Waals surface area contributed by atoms with Crippen LogP contribution in [0, 0.1) is 0 Å². The number of morpholine rings is 1. The van der Waals surface area contributed by atoms with Crippen LogP contribution in [0.4, 0.5) is 22.7 Å². The van der Waals surface area contributed by atoms with Crippen LogP contribution in [0.15, 0.2) is 84.7 Å². The van der Waals surface area contributed by atoms with E-state index in [9.17, 15) is 9.59 Å². The highest BCUT2D eigenvalue weighted by Crippen LogP contribution is 2.43. The normalized spacial score (nSPS) is 18.1. The van der Waals surface area contributed by atoms with Crippen LogP contribution in [0.2, 0.25) is 0 Å². The Morgan fingerprint density at radius 3 is 2.60 bits per heavy atom. The number of nitrogens with one attached hydrogen (secondary N) is 2. The minimum atomic E-state index is -0.268. The molecule has 3 aliphatic heterocycles. The van der Waals surface area contributed by atoms with E-state index in [2.05, 4.69) is 32.6 Å². The molecule has 222 valence electrons. The average molecular weight is 581 g/mol. The van der Waals surface area contributed by atoms with Crippen molar-refractivity contribution in [3.63, 3.8) is 0 Å². The predicted octanol–water partition coefficient (Wildman–Crippen LogP) is 4.12. The molecule has 0 spiro atoms. The molecule has 6 rings (SSSR count). The maximum Gasteiger partial charge on any atom is 0.262 e. The Bertz CT molecular complexity index is 1580. The third-order valence-electron chi connectivity index (χ3n) is 8.06. The van der Waals surface area contributed by atoms with Crippen LogP contribution in [0.25, 0.3) is 0 Å². The van der Waals surface area contributed by atoms with Crippen LogP contribution in [0.3, 0.4) is 0 Å². The summed E-state index contributed by atoms with van der Waals surface area (Å²) in [5.74, 6) is 0.353. The molecule has 3 heterocycles. The van der Waals surface area contributed by atoms with Crippen LogP contribution >= 0.6 is 0 Å². The molecule has 0 saturated carbocycles. The van der Waals surface area contributed by atoms with Crippen molar-refractivity contribution in [2.75, 3.05) is 60.0 Å². The fraction of sp³-hybridized carbons (Fsp3) is 0.273. The molecule has 3 aromatic rings. The first-order valence-electron chi connectivity index (χ1n) is 14.4. The average Bonchev–Trinajstić information content (AvgIpc) is 3.55. The van der Waals surface area contributed by atoms with Gasteiger partial charge < -0.3 is 40.5 Å². The van der Waals surface area contributed by atoms with Gasteiger partial charge in [0.05, 0.1) is 31.1 Å². The molecular weight excluding hydrogens is 544 g/mol. The smallest absolute Gasteiger partial charge is 0.262 e. The standard InChI is InChI=1S/C33H36N6O4/c1-3-24(12-13-34)35-31(40)21-43-27-8-4-22(5-9-27)32-36-29-11-7-26(19-30(29)37(32)2)39-20-23-18-25(6-10-28(23)33(39)41)38-14-16-42-17-15-38/h3-13,18-19,32,36H,14-17,20-21,34H2,1-2H3,(H,35,40)/b13-12-,24-3+. The molecule has 4 N–H and O–H groups in total. The zero-order valence-corrected chi connectivity index (χ0v) is 24.4. The van der Waals surface area contributed by atoms with E-state index in [-0.39, 0.29) is 24.6 Å². The van der Waals surface area contributed by atoms with Gasteiger partial charge in [0, 0.05) is 42.8 Å². The second-order valence-electron chi connectivity index (χ2n) is 10.7. The Hall–Kier alpha value is -4.96. The van der Waals surface area contributed by atoms with E-state index in [1.54, 1.807) is 12.2 Å². The third-order valence-corrected chi connectivity index (χ3v) is 8.06. The van der Waals surface area contributed by atoms with Crippen molar-refractivity contribution in [3.8, 4) is 5.75 Å². The lowest BCUT2D eigenvalue weighted by Gasteiger charge is -2.29. The van der Waals surface area contributed by atoms with E-state index >= 15 is 0 Å². The molecule has 10 heteroatoms. The van der Waals surface area contributed by atoms with Crippen molar-refractivity contribution >= 4 is 34.6 Å². The Kier molecular flexibility index (Phi) is 7.93. The van der Waals surface area contributed by atoms with Gasteiger partial charge in [0.15, 0.2) is 6.61 Å². The minimum absolute atomic E-state index is 0.0238. The number of carbonyl (C=O) groups is 2.